The number of aromatic nitrogens is 2. The Labute approximate surface area is 137 Å². The number of benzene rings is 1. The first-order chi connectivity index (χ1) is 11.0. The summed E-state index contributed by atoms with van der Waals surface area (Å²) in [5.41, 5.74) is 3.54. The zero-order chi connectivity index (χ0) is 16.6. The van der Waals surface area contributed by atoms with Crippen molar-refractivity contribution < 1.29 is 4.39 Å². The van der Waals surface area contributed by atoms with Gasteiger partial charge in [0.2, 0.25) is 0 Å². The maximum absolute atomic E-state index is 14.3. The summed E-state index contributed by atoms with van der Waals surface area (Å²) in [5, 5.41) is 4.24. The molecule has 4 nitrogen and oxygen atoms in total. The van der Waals surface area contributed by atoms with Crippen LogP contribution in [-0.4, -0.2) is 47.9 Å². The fourth-order valence-electron chi connectivity index (χ4n) is 3.30. The van der Waals surface area contributed by atoms with E-state index in [0.717, 1.165) is 42.9 Å². The molecule has 1 aliphatic rings. The molecule has 1 aliphatic heterocycles. The van der Waals surface area contributed by atoms with Gasteiger partial charge in [-0.05, 0) is 58.1 Å². The van der Waals surface area contributed by atoms with E-state index in [0.29, 0.717) is 11.6 Å². The molecule has 2 heterocycles. The number of rotatable bonds is 3. The summed E-state index contributed by atoms with van der Waals surface area (Å²) < 4.78 is 16.1. The van der Waals surface area contributed by atoms with Gasteiger partial charge in [-0.3, -0.25) is 4.68 Å². The van der Waals surface area contributed by atoms with Gasteiger partial charge in [-0.1, -0.05) is 0 Å². The minimum absolute atomic E-state index is 0.193. The van der Waals surface area contributed by atoms with E-state index in [-0.39, 0.29) is 5.82 Å². The molecule has 124 valence electrons. The lowest BCUT2D eigenvalue weighted by atomic mass is 10.0. The molecule has 5 heteroatoms. The van der Waals surface area contributed by atoms with Crippen molar-refractivity contribution in [3.05, 3.63) is 35.9 Å². The summed E-state index contributed by atoms with van der Waals surface area (Å²) in [6, 6.07) is 5.92. The lowest BCUT2D eigenvalue weighted by Crippen LogP contribution is -2.42. The summed E-state index contributed by atoms with van der Waals surface area (Å²) >= 11 is 0. The summed E-state index contributed by atoms with van der Waals surface area (Å²) in [7, 11) is 6.16. The average molecular weight is 316 g/mol. The zero-order valence-electron chi connectivity index (χ0n) is 14.4. The van der Waals surface area contributed by atoms with E-state index in [1.165, 1.54) is 0 Å². The second-order valence-electron chi connectivity index (χ2n) is 6.58. The first-order valence-corrected chi connectivity index (χ1v) is 8.17. The topological polar surface area (TPSA) is 24.3 Å². The molecule has 0 aliphatic carbocycles. The van der Waals surface area contributed by atoms with Gasteiger partial charge < -0.3 is 9.80 Å². The maximum atomic E-state index is 14.3. The molecule has 0 saturated carbocycles. The second-order valence-corrected chi connectivity index (χ2v) is 6.58. The molecule has 23 heavy (non-hydrogen) atoms. The van der Waals surface area contributed by atoms with E-state index in [1.54, 1.807) is 16.9 Å². The third-order valence-corrected chi connectivity index (χ3v) is 5.12. The van der Waals surface area contributed by atoms with Crippen LogP contribution in [0.25, 0.3) is 11.1 Å². The smallest absolute Gasteiger partial charge is 0.131 e. The van der Waals surface area contributed by atoms with Crippen LogP contribution in [0.2, 0.25) is 0 Å². The number of likely N-dealkylation sites (tertiary alicyclic amines) is 1. The Balaban J connectivity index is 1.89. The van der Waals surface area contributed by atoms with Crippen molar-refractivity contribution in [2.75, 3.05) is 32.1 Å². The van der Waals surface area contributed by atoms with Crippen molar-refractivity contribution >= 4 is 5.69 Å². The minimum atomic E-state index is -0.193. The highest BCUT2D eigenvalue weighted by Crippen LogP contribution is 2.31. The van der Waals surface area contributed by atoms with Crippen LogP contribution in [0.3, 0.4) is 0 Å². The van der Waals surface area contributed by atoms with Crippen molar-refractivity contribution in [3.8, 4) is 11.1 Å². The van der Waals surface area contributed by atoms with E-state index in [4.69, 9.17) is 0 Å². The molecule has 1 fully saturated rings. The summed E-state index contributed by atoms with van der Waals surface area (Å²) in [6.07, 6.45) is 4.03. The van der Waals surface area contributed by atoms with Crippen LogP contribution in [0, 0.1) is 12.7 Å². The van der Waals surface area contributed by atoms with Crippen LogP contribution < -0.4 is 4.90 Å². The van der Waals surface area contributed by atoms with Gasteiger partial charge in [-0.25, -0.2) is 4.39 Å². The SMILES string of the molecule is Cc1c(-c2cc(N(C)C3CCN(C)CC3)ccc2F)cnn1C. The normalized spacial score (nSPS) is 16.7. The molecule has 0 spiro atoms. The number of aryl methyl sites for hydroxylation is 1. The number of hydrogen-bond acceptors (Lipinski definition) is 3. The Morgan fingerprint density at radius 3 is 2.48 bits per heavy atom. The second kappa shape index (κ2) is 6.32. The van der Waals surface area contributed by atoms with Gasteiger partial charge >= 0.3 is 0 Å². The Bertz CT molecular complexity index is 686. The van der Waals surface area contributed by atoms with Crippen LogP contribution >= 0.6 is 0 Å². The van der Waals surface area contributed by atoms with Crippen LogP contribution in [0.5, 0.6) is 0 Å². The van der Waals surface area contributed by atoms with Gasteiger partial charge in [0.1, 0.15) is 5.82 Å². The number of hydrogen-bond donors (Lipinski definition) is 0. The standard InChI is InChI=1S/C18H25FN4/c1-13-17(12-20-23(13)4)16-11-15(5-6-18(16)19)22(3)14-7-9-21(2)10-8-14/h5-6,11-12,14H,7-10H2,1-4H3. The van der Waals surface area contributed by atoms with Crippen molar-refractivity contribution in [3.63, 3.8) is 0 Å². The first-order valence-electron chi connectivity index (χ1n) is 8.17. The Hall–Kier alpha value is -1.88. The van der Waals surface area contributed by atoms with Crippen molar-refractivity contribution in [1.82, 2.24) is 14.7 Å². The van der Waals surface area contributed by atoms with Crippen molar-refractivity contribution in [2.24, 2.45) is 7.05 Å². The highest BCUT2D eigenvalue weighted by atomic mass is 19.1. The van der Waals surface area contributed by atoms with Gasteiger partial charge in [0.05, 0.1) is 6.20 Å². The Kier molecular flexibility index (Phi) is 4.39. The van der Waals surface area contributed by atoms with Crippen molar-refractivity contribution in [2.45, 2.75) is 25.8 Å². The zero-order valence-corrected chi connectivity index (χ0v) is 14.4. The number of nitrogens with zero attached hydrogens (tertiary/aromatic N) is 4. The predicted molar refractivity (Wildman–Crippen MR) is 92.3 cm³/mol. The monoisotopic (exact) mass is 316 g/mol. The van der Waals surface area contributed by atoms with Crippen LogP contribution in [-0.2, 0) is 7.05 Å². The van der Waals surface area contributed by atoms with Crippen LogP contribution in [0.4, 0.5) is 10.1 Å². The molecular weight excluding hydrogens is 291 g/mol. The predicted octanol–water partition coefficient (Wildman–Crippen LogP) is 3.07. The van der Waals surface area contributed by atoms with Gasteiger partial charge in [0.15, 0.2) is 0 Å². The van der Waals surface area contributed by atoms with E-state index in [2.05, 4.69) is 29.0 Å². The molecule has 2 aromatic rings. The maximum Gasteiger partial charge on any atom is 0.131 e. The van der Waals surface area contributed by atoms with E-state index in [1.807, 2.05) is 26.1 Å². The molecule has 0 bridgehead atoms. The van der Waals surface area contributed by atoms with Gasteiger partial charge in [-0.2, -0.15) is 5.10 Å². The van der Waals surface area contributed by atoms with Crippen molar-refractivity contribution in [1.29, 1.82) is 0 Å². The van der Waals surface area contributed by atoms with E-state index >= 15 is 0 Å². The highest BCUT2D eigenvalue weighted by Gasteiger charge is 2.22. The molecule has 1 aromatic carbocycles. The molecule has 0 atom stereocenters. The minimum Gasteiger partial charge on any atom is -0.371 e. The summed E-state index contributed by atoms with van der Waals surface area (Å²) in [5.74, 6) is -0.193. The van der Waals surface area contributed by atoms with Gasteiger partial charge in [0.25, 0.3) is 0 Å². The van der Waals surface area contributed by atoms with Crippen LogP contribution in [0.1, 0.15) is 18.5 Å². The number of anilines is 1. The Morgan fingerprint density at radius 2 is 1.87 bits per heavy atom. The molecule has 0 unspecified atom stereocenters. The molecular formula is C18H25FN4. The molecule has 0 amide bonds. The number of piperidine rings is 1. The molecule has 1 saturated heterocycles. The fourth-order valence-corrected chi connectivity index (χ4v) is 3.30. The Morgan fingerprint density at radius 1 is 1.17 bits per heavy atom. The van der Waals surface area contributed by atoms with Gasteiger partial charge in [0, 0.05) is 42.6 Å². The molecule has 3 rings (SSSR count). The quantitative estimate of drug-likeness (QED) is 0.870. The van der Waals surface area contributed by atoms with E-state index in [9.17, 15) is 4.39 Å². The first kappa shape index (κ1) is 16.0. The summed E-state index contributed by atoms with van der Waals surface area (Å²) in [6.45, 7) is 4.20. The van der Waals surface area contributed by atoms with E-state index < -0.39 is 0 Å². The lowest BCUT2D eigenvalue weighted by molar-refractivity contribution is 0.253. The molecule has 0 radical (unpaired) electrons. The summed E-state index contributed by atoms with van der Waals surface area (Å²) in [4.78, 5) is 4.65. The fraction of sp³-hybridized carbons (Fsp3) is 0.500. The number of halogens is 1. The largest absolute Gasteiger partial charge is 0.371 e. The van der Waals surface area contributed by atoms with Gasteiger partial charge in [-0.15, -0.1) is 0 Å². The van der Waals surface area contributed by atoms with Crippen LogP contribution in [0.15, 0.2) is 24.4 Å². The average Bonchev–Trinajstić information content (AvgIpc) is 2.87. The highest BCUT2D eigenvalue weighted by molar-refractivity contribution is 5.70. The molecule has 1 aromatic heterocycles. The molecule has 0 N–H and O–H groups in total. The third-order valence-electron chi connectivity index (χ3n) is 5.12. The lowest BCUT2D eigenvalue weighted by Gasteiger charge is -2.36. The third kappa shape index (κ3) is 3.11.